The maximum Gasteiger partial charge on any atom is 0.242 e. The lowest BCUT2D eigenvalue weighted by atomic mass is 10.0. The fourth-order valence-electron chi connectivity index (χ4n) is 3.13. The molecule has 2 aromatic carbocycles. The summed E-state index contributed by atoms with van der Waals surface area (Å²) in [4.78, 5) is 12.7. The topological polar surface area (TPSA) is 123 Å². The van der Waals surface area contributed by atoms with Gasteiger partial charge in [-0.15, -0.1) is 0 Å². The Balaban J connectivity index is 1.90. The van der Waals surface area contributed by atoms with Crippen molar-refractivity contribution in [1.29, 1.82) is 0 Å². The highest BCUT2D eigenvalue weighted by atomic mass is 32.2. The lowest BCUT2D eigenvalue weighted by Crippen LogP contribution is -2.19. The zero-order valence-electron chi connectivity index (χ0n) is 16.9. The van der Waals surface area contributed by atoms with Gasteiger partial charge in [0, 0.05) is 12.3 Å². The van der Waals surface area contributed by atoms with Crippen molar-refractivity contribution in [3.63, 3.8) is 0 Å². The van der Waals surface area contributed by atoms with Crippen LogP contribution in [0.1, 0.15) is 24.7 Å². The first kappa shape index (κ1) is 20.8. The van der Waals surface area contributed by atoms with Gasteiger partial charge >= 0.3 is 0 Å². The van der Waals surface area contributed by atoms with E-state index < -0.39 is 10.0 Å². The molecule has 2 aromatic heterocycles. The van der Waals surface area contributed by atoms with Gasteiger partial charge in [0.2, 0.25) is 15.9 Å². The van der Waals surface area contributed by atoms with Crippen LogP contribution in [-0.4, -0.2) is 35.6 Å². The zero-order valence-corrected chi connectivity index (χ0v) is 17.7. The fraction of sp³-hybridized carbons (Fsp3) is 0.200. The molecule has 1 unspecified atom stereocenters. The van der Waals surface area contributed by atoms with Crippen LogP contribution in [0.2, 0.25) is 0 Å². The quantitative estimate of drug-likeness (QED) is 0.467. The average Bonchev–Trinajstić information content (AvgIpc) is 3.20. The molecule has 4 aromatic rings. The molecule has 0 saturated carbocycles. The number of fused-ring (bicyclic) bond motifs is 1. The number of nitrogens with one attached hydrogen (secondary N) is 2. The first-order chi connectivity index (χ1) is 14.8. The maximum atomic E-state index is 13.4. The second kappa shape index (κ2) is 8.00. The molecule has 0 amide bonds. The summed E-state index contributed by atoms with van der Waals surface area (Å²) >= 11 is 0. The van der Waals surface area contributed by atoms with Gasteiger partial charge in [-0.2, -0.15) is 4.98 Å². The van der Waals surface area contributed by atoms with E-state index in [-0.39, 0.29) is 22.3 Å². The molecular weight excluding hydrogens is 423 g/mol. The molecule has 0 aliphatic heterocycles. The molecule has 2 heterocycles. The van der Waals surface area contributed by atoms with Gasteiger partial charge in [-0.05, 0) is 49.4 Å². The van der Waals surface area contributed by atoms with Crippen molar-refractivity contribution >= 4 is 26.7 Å². The molecule has 0 aliphatic rings. The minimum absolute atomic E-state index is 0.0136. The summed E-state index contributed by atoms with van der Waals surface area (Å²) < 4.78 is 46.2. The van der Waals surface area contributed by atoms with Gasteiger partial charge in [0.1, 0.15) is 22.9 Å². The van der Waals surface area contributed by atoms with Crippen LogP contribution in [0, 0.1) is 12.7 Å². The molecule has 0 aliphatic carbocycles. The number of halogens is 1. The highest BCUT2D eigenvalue weighted by Gasteiger charge is 2.22. The maximum absolute atomic E-state index is 13.4. The third-order valence-electron chi connectivity index (χ3n) is 4.72. The molecule has 4 rings (SSSR count). The number of aromatic nitrogens is 4. The Morgan fingerprint density at radius 1 is 1.10 bits per heavy atom. The molecule has 11 heteroatoms. The first-order valence-corrected chi connectivity index (χ1v) is 10.8. The summed E-state index contributed by atoms with van der Waals surface area (Å²) in [6.45, 7) is 3.51. The minimum Gasteiger partial charge on any atom is -0.360 e. The van der Waals surface area contributed by atoms with Crippen molar-refractivity contribution in [2.45, 2.75) is 24.8 Å². The Morgan fingerprint density at radius 3 is 2.48 bits per heavy atom. The average molecular weight is 442 g/mol. The highest BCUT2D eigenvalue weighted by Crippen LogP contribution is 2.33. The van der Waals surface area contributed by atoms with Gasteiger partial charge < -0.3 is 9.84 Å². The zero-order chi connectivity index (χ0) is 22.2. The van der Waals surface area contributed by atoms with Gasteiger partial charge in [0.25, 0.3) is 0 Å². The second-order valence-electron chi connectivity index (χ2n) is 6.84. The number of nitrogens with zero attached hydrogens (tertiary/aromatic N) is 4. The number of rotatable bonds is 6. The van der Waals surface area contributed by atoms with Gasteiger partial charge in [0.15, 0.2) is 5.82 Å². The largest absolute Gasteiger partial charge is 0.360 e. The van der Waals surface area contributed by atoms with E-state index in [1.54, 1.807) is 25.1 Å². The third kappa shape index (κ3) is 4.09. The van der Waals surface area contributed by atoms with Crippen LogP contribution in [0.3, 0.4) is 0 Å². The molecule has 1 atom stereocenters. The number of hydrogen-bond donors (Lipinski definition) is 2. The van der Waals surface area contributed by atoms with Crippen LogP contribution in [-0.2, 0) is 10.0 Å². The predicted molar refractivity (Wildman–Crippen MR) is 112 cm³/mol. The lowest BCUT2D eigenvalue weighted by molar-refractivity contribution is 0.385. The van der Waals surface area contributed by atoms with Gasteiger partial charge in [-0.1, -0.05) is 17.3 Å². The molecule has 0 saturated heterocycles. The van der Waals surface area contributed by atoms with Crippen LogP contribution < -0.4 is 10.0 Å². The molecule has 0 spiro atoms. The van der Waals surface area contributed by atoms with Crippen molar-refractivity contribution in [3.8, 4) is 11.1 Å². The molecule has 2 N–H and O–H groups in total. The molecule has 0 bridgehead atoms. The number of aryl methyl sites for hydroxylation is 1. The molecule has 9 nitrogen and oxygen atoms in total. The van der Waals surface area contributed by atoms with Crippen molar-refractivity contribution < 1.29 is 17.3 Å². The standard InChI is InChI=1S/C20H19FN6O3S/c1-11(19-26-12(2)30-27-19)25-20-16-8-14(13-4-6-15(21)7-5-13)9-17(31(28,29)22-3)18(16)23-10-24-20/h4-11,22H,1-3H3,(H,23,24,25). The fourth-order valence-corrected chi connectivity index (χ4v) is 4.05. The van der Waals surface area contributed by atoms with E-state index in [1.165, 1.54) is 31.6 Å². The van der Waals surface area contributed by atoms with Crippen molar-refractivity contribution in [3.05, 3.63) is 60.3 Å². The Hall–Kier alpha value is -3.44. The van der Waals surface area contributed by atoms with E-state index >= 15 is 0 Å². The monoisotopic (exact) mass is 442 g/mol. The van der Waals surface area contributed by atoms with E-state index in [1.807, 2.05) is 6.92 Å². The molecule has 0 fully saturated rings. The summed E-state index contributed by atoms with van der Waals surface area (Å²) in [5.74, 6) is 0.873. The van der Waals surface area contributed by atoms with E-state index in [9.17, 15) is 12.8 Å². The van der Waals surface area contributed by atoms with E-state index in [0.717, 1.165) is 0 Å². The summed E-state index contributed by atoms with van der Waals surface area (Å²) in [6, 6.07) is 8.68. The third-order valence-corrected chi connectivity index (χ3v) is 6.15. The van der Waals surface area contributed by atoms with E-state index in [4.69, 9.17) is 4.52 Å². The smallest absolute Gasteiger partial charge is 0.242 e. The van der Waals surface area contributed by atoms with Crippen LogP contribution >= 0.6 is 0 Å². The Morgan fingerprint density at radius 2 is 1.84 bits per heavy atom. The van der Waals surface area contributed by atoms with Crippen LogP contribution in [0.25, 0.3) is 22.0 Å². The van der Waals surface area contributed by atoms with Crippen molar-refractivity contribution in [2.75, 3.05) is 12.4 Å². The second-order valence-corrected chi connectivity index (χ2v) is 8.70. The SMILES string of the molecule is CNS(=O)(=O)c1cc(-c2ccc(F)cc2)cc2c(NC(C)c3noc(C)n3)ncnc12. The molecular formula is C20H19FN6O3S. The minimum atomic E-state index is -3.84. The van der Waals surface area contributed by atoms with Crippen molar-refractivity contribution in [1.82, 2.24) is 24.8 Å². The molecule has 160 valence electrons. The van der Waals surface area contributed by atoms with Gasteiger partial charge in [-0.25, -0.2) is 27.5 Å². The number of anilines is 1. The van der Waals surface area contributed by atoms with Gasteiger partial charge in [0.05, 0.1) is 11.6 Å². The molecule has 31 heavy (non-hydrogen) atoms. The Bertz CT molecular complexity index is 1360. The number of hydrogen-bond acceptors (Lipinski definition) is 8. The highest BCUT2D eigenvalue weighted by molar-refractivity contribution is 7.89. The molecule has 0 radical (unpaired) electrons. The summed E-state index contributed by atoms with van der Waals surface area (Å²) in [5.41, 5.74) is 1.46. The van der Waals surface area contributed by atoms with Crippen LogP contribution in [0.5, 0.6) is 0 Å². The number of sulfonamides is 1. The van der Waals surface area contributed by atoms with Crippen molar-refractivity contribution in [2.24, 2.45) is 0 Å². The van der Waals surface area contributed by atoms with Crippen LogP contribution in [0.4, 0.5) is 10.2 Å². The van der Waals surface area contributed by atoms with E-state index in [2.05, 4.69) is 30.1 Å². The summed E-state index contributed by atoms with van der Waals surface area (Å²) in [6.07, 6.45) is 1.28. The summed E-state index contributed by atoms with van der Waals surface area (Å²) in [7, 11) is -2.51. The normalized spacial score (nSPS) is 12.8. The lowest BCUT2D eigenvalue weighted by Gasteiger charge is -2.15. The Kier molecular flexibility index (Phi) is 5.38. The van der Waals surface area contributed by atoms with Gasteiger partial charge in [-0.3, -0.25) is 0 Å². The van der Waals surface area contributed by atoms with Crippen LogP contribution in [0.15, 0.2) is 52.1 Å². The van der Waals surface area contributed by atoms with E-state index in [0.29, 0.717) is 34.0 Å². The predicted octanol–water partition coefficient (Wildman–Crippen LogP) is 3.21. The number of benzene rings is 2. The first-order valence-electron chi connectivity index (χ1n) is 9.33. The Labute approximate surface area is 177 Å². The summed E-state index contributed by atoms with van der Waals surface area (Å²) in [5, 5.41) is 7.57.